The number of nitrogens with one attached hydrogen (secondary N) is 3. The number of anilines is 1. The number of aliphatic hydroxyl groups excluding tert-OH is 1. The highest BCUT2D eigenvalue weighted by Gasteiger charge is 2.31. The summed E-state index contributed by atoms with van der Waals surface area (Å²) in [6.07, 6.45) is -5.79. The van der Waals surface area contributed by atoms with Crippen LogP contribution in [0.3, 0.4) is 0 Å². The van der Waals surface area contributed by atoms with Gasteiger partial charge in [0.15, 0.2) is 0 Å². The number of nitrogens with two attached hydrogens (primary N) is 1. The highest BCUT2D eigenvalue weighted by molar-refractivity contribution is 7.89. The first-order valence-corrected chi connectivity index (χ1v) is 9.50. The Hall–Kier alpha value is -2.63. The molecule has 0 amide bonds. The van der Waals surface area contributed by atoms with Crippen molar-refractivity contribution in [2.24, 2.45) is 5.73 Å². The van der Waals surface area contributed by atoms with Crippen molar-refractivity contribution in [3.05, 3.63) is 59.7 Å². The second-order valence-electron chi connectivity index (χ2n) is 5.90. The van der Waals surface area contributed by atoms with Crippen molar-refractivity contribution in [2.45, 2.75) is 17.2 Å². The van der Waals surface area contributed by atoms with Gasteiger partial charge in [-0.2, -0.15) is 13.2 Å². The van der Waals surface area contributed by atoms with E-state index in [1.54, 1.807) is 24.3 Å². The summed E-state index contributed by atoms with van der Waals surface area (Å²) in [7, 11) is -4.21. The molecule has 6 N–H and O–H groups in total. The Morgan fingerprint density at radius 2 is 1.79 bits per heavy atom. The summed E-state index contributed by atoms with van der Waals surface area (Å²) in [4.78, 5) is -0.540. The summed E-state index contributed by atoms with van der Waals surface area (Å²) in [6, 6.07) is 9.82. The highest BCUT2D eigenvalue weighted by atomic mass is 32.2. The Balaban J connectivity index is 1.92. The van der Waals surface area contributed by atoms with Gasteiger partial charge in [-0.15, -0.1) is 0 Å². The number of alkyl halides is 3. The minimum absolute atomic E-state index is 0.00940. The van der Waals surface area contributed by atoms with Crippen LogP contribution in [0, 0.1) is 5.41 Å². The molecule has 0 heterocycles. The van der Waals surface area contributed by atoms with E-state index in [4.69, 9.17) is 11.1 Å². The van der Waals surface area contributed by atoms with Crippen LogP contribution in [0.15, 0.2) is 53.4 Å². The number of halogens is 3. The number of rotatable bonds is 8. The first-order valence-electron chi connectivity index (χ1n) is 8.02. The molecule has 0 fully saturated rings. The van der Waals surface area contributed by atoms with Gasteiger partial charge in [0.2, 0.25) is 10.0 Å². The first kappa shape index (κ1) is 21.7. The quantitative estimate of drug-likeness (QED) is 0.331. The zero-order valence-corrected chi connectivity index (χ0v) is 15.3. The number of nitrogen functional groups attached to an aromatic ring is 1. The molecule has 2 aromatic rings. The molecule has 152 valence electrons. The maximum atomic E-state index is 12.7. The van der Waals surface area contributed by atoms with E-state index in [2.05, 4.69) is 10.0 Å². The lowest BCUT2D eigenvalue weighted by Gasteiger charge is -2.15. The lowest BCUT2D eigenvalue weighted by molar-refractivity contribution is -0.137. The zero-order chi connectivity index (χ0) is 20.9. The van der Waals surface area contributed by atoms with Gasteiger partial charge < -0.3 is 16.2 Å². The Morgan fingerprint density at radius 3 is 2.36 bits per heavy atom. The molecule has 11 heteroatoms. The maximum Gasteiger partial charge on any atom is 0.416 e. The molecular formula is C17H19F3N4O3S. The van der Waals surface area contributed by atoms with Crippen molar-refractivity contribution in [2.75, 3.05) is 18.4 Å². The third-order valence-electron chi connectivity index (χ3n) is 3.72. The van der Waals surface area contributed by atoms with Crippen LogP contribution in [0.1, 0.15) is 11.1 Å². The molecule has 0 aliphatic carbocycles. The van der Waals surface area contributed by atoms with Crippen molar-refractivity contribution in [3.63, 3.8) is 0 Å². The molecule has 7 nitrogen and oxygen atoms in total. The van der Waals surface area contributed by atoms with Gasteiger partial charge in [0.1, 0.15) is 5.84 Å². The summed E-state index contributed by atoms with van der Waals surface area (Å²) in [5, 5.41) is 20.1. The van der Waals surface area contributed by atoms with Gasteiger partial charge in [-0.05, 0) is 42.5 Å². The van der Waals surface area contributed by atoms with Crippen LogP contribution in [-0.2, 0) is 16.2 Å². The largest absolute Gasteiger partial charge is 0.416 e. The molecule has 28 heavy (non-hydrogen) atoms. The van der Waals surface area contributed by atoms with Crippen LogP contribution < -0.4 is 15.8 Å². The van der Waals surface area contributed by atoms with Crippen molar-refractivity contribution in [1.29, 1.82) is 5.41 Å². The summed E-state index contributed by atoms with van der Waals surface area (Å²) < 4.78 is 64.5. The van der Waals surface area contributed by atoms with Crippen LogP contribution in [0.4, 0.5) is 18.9 Å². The van der Waals surface area contributed by atoms with Gasteiger partial charge in [0.05, 0.1) is 16.6 Å². The normalized spacial score (nSPS) is 13.1. The number of amidine groups is 1. The number of aliphatic hydroxyl groups is 1. The topological polar surface area (TPSA) is 128 Å². The second-order valence-corrected chi connectivity index (χ2v) is 7.67. The average Bonchev–Trinajstić information content (AvgIpc) is 2.64. The molecule has 0 saturated carbocycles. The minimum atomic E-state index is -4.66. The number of benzene rings is 2. The Kier molecular flexibility index (Phi) is 6.65. The molecule has 0 aromatic heterocycles. The van der Waals surface area contributed by atoms with E-state index in [1.807, 2.05) is 0 Å². The zero-order valence-electron chi connectivity index (χ0n) is 14.5. The standard InChI is InChI=1S/C17H19F3N4O3S/c18-17(19,20)12-2-1-3-15(8-12)28(26,27)24-10-14(25)9-23-13-6-4-11(5-7-13)16(21)22/h1-8,14,23-25H,9-10H2,(H3,21,22). The fourth-order valence-electron chi connectivity index (χ4n) is 2.20. The van der Waals surface area contributed by atoms with Crippen molar-refractivity contribution < 1.29 is 26.7 Å². The molecule has 0 saturated heterocycles. The number of hydrogen-bond donors (Lipinski definition) is 5. The number of hydrogen-bond acceptors (Lipinski definition) is 5. The molecule has 0 aliphatic rings. The molecule has 0 radical (unpaired) electrons. The SMILES string of the molecule is N=C(N)c1ccc(NCC(O)CNS(=O)(=O)c2cccc(C(F)(F)F)c2)cc1. The molecule has 0 spiro atoms. The van der Waals surface area contributed by atoms with E-state index in [1.165, 1.54) is 0 Å². The third-order valence-corrected chi connectivity index (χ3v) is 5.14. The summed E-state index contributed by atoms with van der Waals surface area (Å²) in [5.74, 6) is -0.0874. The van der Waals surface area contributed by atoms with E-state index in [0.717, 1.165) is 18.2 Å². The van der Waals surface area contributed by atoms with Gasteiger partial charge >= 0.3 is 6.18 Å². The van der Waals surface area contributed by atoms with Crippen molar-refractivity contribution in [3.8, 4) is 0 Å². The predicted octanol–water partition coefficient (Wildman–Crippen LogP) is 1.74. The fraction of sp³-hybridized carbons (Fsp3) is 0.235. The lowest BCUT2D eigenvalue weighted by Crippen LogP contribution is -2.35. The summed E-state index contributed by atoms with van der Waals surface area (Å²) >= 11 is 0. The Morgan fingerprint density at radius 1 is 1.14 bits per heavy atom. The second kappa shape index (κ2) is 8.59. The summed E-state index contributed by atoms with van der Waals surface area (Å²) in [6.45, 7) is -0.401. The van der Waals surface area contributed by atoms with Crippen LogP contribution in [0.5, 0.6) is 0 Å². The monoisotopic (exact) mass is 416 g/mol. The van der Waals surface area contributed by atoms with Crippen LogP contribution in [-0.4, -0.2) is 38.6 Å². The molecule has 2 aromatic carbocycles. The molecule has 2 rings (SSSR count). The number of sulfonamides is 1. The molecule has 0 aliphatic heterocycles. The third kappa shape index (κ3) is 5.94. The Bertz CT molecular complexity index is 931. The van der Waals surface area contributed by atoms with E-state index in [9.17, 15) is 26.7 Å². The van der Waals surface area contributed by atoms with E-state index in [-0.39, 0.29) is 12.4 Å². The average molecular weight is 416 g/mol. The van der Waals surface area contributed by atoms with E-state index in [0.29, 0.717) is 17.3 Å². The van der Waals surface area contributed by atoms with Crippen LogP contribution >= 0.6 is 0 Å². The van der Waals surface area contributed by atoms with Gasteiger partial charge in [0.25, 0.3) is 0 Å². The maximum absolute atomic E-state index is 12.7. The molecule has 1 atom stereocenters. The predicted molar refractivity (Wildman–Crippen MR) is 98.6 cm³/mol. The van der Waals surface area contributed by atoms with E-state index >= 15 is 0 Å². The summed E-state index contributed by atoms with van der Waals surface area (Å²) in [5.41, 5.74) is 5.41. The smallest absolute Gasteiger partial charge is 0.390 e. The van der Waals surface area contributed by atoms with Gasteiger partial charge in [-0.3, -0.25) is 5.41 Å². The Labute approximate surface area is 159 Å². The van der Waals surface area contributed by atoms with Gasteiger partial charge in [-0.1, -0.05) is 6.07 Å². The lowest BCUT2D eigenvalue weighted by atomic mass is 10.2. The molecule has 1 unspecified atom stereocenters. The first-order chi connectivity index (χ1) is 13.0. The molecule has 0 bridgehead atoms. The van der Waals surface area contributed by atoms with Crippen molar-refractivity contribution in [1.82, 2.24) is 4.72 Å². The highest BCUT2D eigenvalue weighted by Crippen LogP contribution is 2.30. The minimum Gasteiger partial charge on any atom is -0.390 e. The van der Waals surface area contributed by atoms with Crippen LogP contribution in [0.2, 0.25) is 0 Å². The van der Waals surface area contributed by atoms with E-state index < -0.39 is 39.3 Å². The van der Waals surface area contributed by atoms with Crippen LogP contribution in [0.25, 0.3) is 0 Å². The molecular weight excluding hydrogens is 397 g/mol. The van der Waals surface area contributed by atoms with Crippen molar-refractivity contribution >= 4 is 21.5 Å². The fourth-order valence-corrected chi connectivity index (χ4v) is 3.32. The van der Waals surface area contributed by atoms with Gasteiger partial charge in [0, 0.05) is 24.3 Å². The van der Waals surface area contributed by atoms with Gasteiger partial charge in [-0.25, -0.2) is 13.1 Å².